The van der Waals surface area contributed by atoms with Crippen LogP contribution < -0.4 is 0 Å². The van der Waals surface area contributed by atoms with Gasteiger partial charge in [0.25, 0.3) is 0 Å². The number of hydrogen-bond acceptors (Lipinski definition) is 2. The zero-order valence-electron chi connectivity index (χ0n) is 32.0. The normalized spacial score (nSPS) is 12.9. The van der Waals surface area contributed by atoms with Crippen LogP contribution in [0.3, 0.4) is 0 Å². The van der Waals surface area contributed by atoms with E-state index in [0.717, 1.165) is 43.6 Å². The van der Waals surface area contributed by atoms with E-state index in [2.05, 4.69) is 82.6 Å². The number of nitrogens with zero attached hydrogens (tertiary/aromatic N) is 1. The van der Waals surface area contributed by atoms with Gasteiger partial charge in [-0.05, 0) is 64.2 Å². The summed E-state index contributed by atoms with van der Waals surface area (Å²) in [5.74, 6) is 0. The number of unbranched alkanes of at least 4 members (excludes halogenated alkanes) is 20. The van der Waals surface area contributed by atoms with Crippen LogP contribution in [0.2, 0.25) is 0 Å². The molecule has 0 aromatic heterocycles. The second kappa shape index (κ2) is 33.1. The van der Waals surface area contributed by atoms with E-state index in [1.165, 1.54) is 147 Å². The number of allylic oxidation sites excluding steroid dienone is 4. The molecule has 1 atom stereocenters. The van der Waals surface area contributed by atoms with Crippen LogP contribution >= 0.6 is 0 Å². The summed E-state index contributed by atoms with van der Waals surface area (Å²) in [6.07, 6.45) is 41.5. The molecule has 0 saturated heterocycles. The Hall–Kier alpha value is -1.42. The maximum absolute atomic E-state index is 6.48. The predicted octanol–water partition coefficient (Wildman–Crippen LogP) is 13.2. The minimum absolute atomic E-state index is 0.149. The first-order valence-corrected chi connectivity index (χ1v) is 20.4. The third-order valence-corrected chi connectivity index (χ3v) is 9.27. The Kier molecular flexibility index (Phi) is 30.7. The largest absolute Gasteiger partial charge is 0.379 e. The van der Waals surface area contributed by atoms with E-state index < -0.39 is 0 Å². The lowest BCUT2D eigenvalue weighted by Crippen LogP contribution is -2.47. The molecule has 0 N–H and O–H groups in total. The summed E-state index contributed by atoms with van der Waals surface area (Å²) in [4.78, 5) is 0. The van der Waals surface area contributed by atoms with Gasteiger partial charge in [0.1, 0.15) is 19.2 Å². The van der Waals surface area contributed by atoms with Gasteiger partial charge < -0.3 is 14.0 Å². The van der Waals surface area contributed by atoms with Crippen molar-refractivity contribution in [3.05, 3.63) is 60.2 Å². The van der Waals surface area contributed by atoms with Gasteiger partial charge in [0.15, 0.2) is 0 Å². The molecule has 1 unspecified atom stereocenters. The van der Waals surface area contributed by atoms with Crippen molar-refractivity contribution in [1.82, 2.24) is 0 Å². The Bertz CT molecular complexity index is 817. The molecular weight excluding hydrogens is 574 g/mol. The van der Waals surface area contributed by atoms with Crippen molar-refractivity contribution < 1.29 is 14.0 Å². The number of benzene rings is 1. The molecule has 0 radical (unpaired) electrons. The Morgan fingerprint density at radius 2 is 0.957 bits per heavy atom. The van der Waals surface area contributed by atoms with Crippen LogP contribution in [0.1, 0.15) is 174 Å². The van der Waals surface area contributed by atoms with Gasteiger partial charge in [-0.25, -0.2) is 0 Å². The molecule has 3 nitrogen and oxygen atoms in total. The zero-order chi connectivity index (χ0) is 33.9. The molecule has 0 saturated carbocycles. The lowest BCUT2D eigenvalue weighted by molar-refractivity contribution is -0.906. The molecule has 0 aliphatic heterocycles. The maximum atomic E-state index is 6.48. The summed E-state index contributed by atoms with van der Waals surface area (Å²) in [6.45, 7) is 8.98. The number of quaternary nitrogens is 1. The van der Waals surface area contributed by atoms with Gasteiger partial charge in [-0.1, -0.05) is 158 Å². The highest BCUT2D eigenvalue weighted by Gasteiger charge is 2.23. The van der Waals surface area contributed by atoms with Crippen molar-refractivity contribution in [2.24, 2.45) is 0 Å². The van der Waals surface area contributed by atoms with Gasteiger partial charge in [-0.3, -0.25) is 0 Å². The highest BCUT2D eigenvalue weighted by atomic mass is 16.5. The molecule has 0 bridgehead atoms. The van der Waals surface area contributed by atoms with Crippen LogP contribution in [0.5, 0.6) is 0 Å². The fourth-order valence-electron chi connectivity index (χ4n) is 6.41. The van der Waals surface area contributed by atoms with E-state index in [0.29, 0.717) is 6.61 Å². The first-order chi connectivity index (χ1) is 23.1. The third-order valence-electron chi connectivity index (χ3n) is 9.27. The average molecular weight is 655 g/mol. The Labute approximate surface area is 294 Å². The Morgan fingerprint density at radius 1 is 0.532 bits per heavy atom. The molecule has 0 aliphatic rings. The average Bonchev–Trinajstić information content (AvgIpc) is 3.06. The van der Waals surface area contributed by atoms with Crippen LogP contribution in [0.4, 0.5) is 0 Å². The highest BCUT2D eigenvalue weighted by Crippen LogP contribution is 2.14. The second-order valence-electron chi connectivity index (χ2n) is 14.8. The van der Waals surface area contributed by atoms with E-state index >= 15 is 0 Å². The van der Waals surface area contributed by atoms with E-state index in [-0.39, 0.29) is 6.10 Å². The van der Waals surface area contributed by atoms with Gasteiger partial charge >= 0.3 is 0 Å². The summed E-state index contributed by atoms with van der Waals surface area (Å²) in [5, 5.41) is 0. The van der Waals surface area contributed by atoms with Crippen LogP contribution in [-0.4, -0.2) is 51.0 Å². The zero-order valence-corrected chi connectivity index (χ0v) is 32.0. The number of ether oxygens (including phenoxy) is 2. The highest BCUT2D eigenvalue weighted by molar-refractivity contribution is 5.13. The van der Waals surface area contributed by atoms with Crippen LogP contribution in [0, 0.1) is 0 Å². The summed E-state index contributed by atoms with van der Waals surface area (Å²) in [6, 6.07) is 10.9. The lowest BCUT2D eigenvalue weighted by atomic mass is 10.1. The molecule has 0 heterocycles. The van der Waals surface area contributed by atoms with Crippen molar-refractivity contribution in [2.45, 2.75) is 181 Å². The molecule has 0 aliphatic carbocycles. The van der Waals surface area contributed by atoms with Crippen molar-refractivity contribution in [3.8, 4) is 0 Å². The summed E-state index contributed by atoms with van der Waals surface area (Å²) >= 11 is 0. The van der Waals surface area contributed by atoms with Crippen molar-refractivity contribution in [3.63, 3.8) is 0 Å². The van der Waals surface area contributed by atoms with Gasteiger partial charge in [-0.15, -0.1) is 0 Å². The van der Waals surface area contributed by atoms with Crippen molar-refractivity contribution >= 4 is 0 Å². The van der Waals surface area contributed by atoms with E-state index in [1.807, 2.05) is 0 Å². The van der Waals surface area contributed by atoms with Crippen LogP contribution in [0.25, 0.3) is 0 Å². The molecule has 3 heteroatoms. The first-order valence-electron chi connectivity index (χ1n) is 20.4. The first kappa shape index (κ1) is 43.6. The minimum Gasteiger partial charge on any atom is -0.379 e. The Balaban J connectivity index is 2.21. The van der Waals surface area contributed by atoms with Crippen molar-refractivity contribution in [2.75, 3.05) is 40.5 Å². The smallest absolute Gasteiger partial charge is 0.130 e. The van der Waals surface area contributed by atoms with Crippen LogP contribution in [-0.2, 0) is 16.0 Å². The molecule has 0 fully saturated rings. The van der Waals surface area contributed by atoms with Gasteiger partial charge in [0.2, 0.25) is 0 Å². The van der Waals surface area contributed by atoms with E-state index in [4.69, 9.17) is 9.47 Å². The van der Waals surface area contributed by atoms with Gasteiger partial charge in [-0.2, -0.15) is 0 Å². The second-order valence-corrected chi connectivity index (χ2v) is 14.8. The maximum Gasteiger partial charge on any atom is 0.130 e. The van der Waals surface area contributed by atoms with Gasteiger partial charge in [0.05, 0.1) is 20.7 Å². The summed E-state index contributed by atoms with van der Waals surface area (Å²) < 4.78 is 13.6. The number of hydrogen-bond donors (Lipinski definition) is 0. The molecule has 0 spiro atoms. The molecule has 47 heavy (non-hydrogen) atoms. The van der Waals surface area contributed by atoms with Crippen LogP contribution in [0.15, 0.2) is 54.6 Å². The van der Waals surface area contributed by atoms with Crippen molar-refractivity contribution in [1.29, 1.82) is 0 Å². The number of likely N-dealkylation sites (N-methyl/N-ethyl adjacent to an activating group) is 1. The molecule has 0 amide bonds. The fourth-order valence-corrected chi connectivity index (χ4v) is 6.41. The standard InChI is InChI=1S/C44H80NO2/c1-5-7-9-11-13-15-17-19-21-23-25-27-29-34-38-46-42-44(41-45(3,4)40-43-36-32-31-33-37-43)47-39-35-30-28-26-24-22-20-18-16-14-12-10-8-6-2/h19-22,31-33,36-37,44H,5-18,23-30,34-35,38-42H2,1-4H3/q+1/b21-19-,22-20-. The monoisotopic (exact) mass is 655 g/mol. The quantitative estimate of drug-likeness (QED) is 0.0412. The summed E-state index contributed by atoms with van der Waals surface area (Å²) in [5.41, 5.74) is 1.38. The molecule has 1 aromatic carbocycles. The topological polar surface area (TPSA) is 18.5 Å². The predicted molar refractivity (Wildman–Crippen MR) is 208 cm³/mol. The molecule has 272 valence electrons. The molecular formula is C44H80NO2+. The molecule has 1 rings (SSSR count). The van der Waals surface area contributed by atoms with E-state index in [9.17, 15) is 0 Å². The van der Waals surface area contributed by atoms with Gasteiger partial charge in [0, 0.05) is 18.8 Å². The van der Waals surface area contributed by atoms with E-state index in [1.54, 1.807) is 0 Å². The minimum atomic E-state index is 0.149. The fraction of sp³-hybridized carbons (Fsp3) is 0.773. The third kappa shape index (κ3) is 30.4. The molecule has 1 aromatic rings. The lowest BCUT2D eigenvalue weighted by Gasteiger charge is -2.33. The Morgan fingerprint density at radius 3 is 1.45 bits per heavy atom. The SMILES string of the molecule is CCCCCCCC/C=C\CCCCCCOCC(C[N+](C)(C)Cc1ccccc1)OCCCCCC/C=C\CCCCCCCC. The number of rotatable bonds is 35. The summed E-state index contributed by atoms with van der Waals surface area (Å²) in [7, 11) is 4.65.